The van der Waals surface area contributed by atoms with E-state index >= 15 is 0 Å². The first-order chi connectivity index (χ1) is 12.2. The van der Waals surface area contributed by atoms with Crippen molar-refractivity contribution in [2.24, 2.45) is 0 Å². The van der Waals surface area contributed by atoms with Gasteiger partial charge in [-0.05, 0) is 31.7 Å². The fourth-order valence-corrected chi connectivity index (χ4v) is 3.72. The van der Waals surface area contributed by atoms with Crippen LogP contribution in [0.1, 0.15) is 31.7 Å². The Morgan fingerprint density at radius 1 is 1.16 bits per heavy atom. The van der Waals surface area contributed by atoms with E-state index in [1.807, 2.05) is 6.92 Å². The van der Waals surface area contributed by atoms with Crippen LogP contribution in [0, 0.1) is 0 Å². The summed E-state index contributed by atoms with van der Waals surface area (Å²) >= 11 is 0. The van der Waals surface area contributed by atoms with Crippen LogP contribution in [0.4, 0.5) is 0 Å². The number of carbonyl (C=O) groups is 1. The first-order valence-corrected chi connectivity index (χ1v) is 9.61. The van der Waals surface area contributed by atoms with E-state index < -0.39 is 0 Å². The lowest BCUT2D eigenvalue weighted by Crippen LogP contribution is -2.51. The lowest BCUT2D eigenvalue weighted by atomic mass is 10.0. The molecule has 0 spiro atoms. The number of piperidine rings is 1. The number of likely N-dealkylation sites (tertiary alicyclic amines) is 1. The Bertz CT molecular complexity index is 521. The molecule has 1 aromatic carbocycles. The van der Waals surface area contributed by atoms with Crippen molar-refractivity contribution in [1.29, 1.82) is 0 Å². The van der Waals surface area contributed by atoms with Gasteiger partial charge in [0.25, 0.3) is 0 Å². The molecule has 1 aromatic rings. The van der Waals surface area contributed by atoms with E-state index in [0.717, 1.165) is 65.2 Å². The van der Waals surface area contributed by atoms with E-state index in [1.54, 1.807) is 0 Å². The topological polar surface area (TPSA) is 44.8 Å². The molecular weight excluding hydrogens is 314 g/mol. The van der Waals surface area contributed by atoms with Crippen LogP contribution in [0.25, 0.3) is 0 Å². The zero-order valence-corrected chi connectivity index (χ0v) is 15.3. The molecule has 1 amide bonds. The number of rotatable bonds is 5. The van der Waals surface area contributed by atoms with Gasteiger partial charge in [0.15, 0.2) is 0 Å². The zero-order chi connectivity index (χ0) is 17.5. The van der Waals surface area contributed by atoms with Gasteiger partial charge in [-0.1, -0.05) is 30.3 Å². The second-order valence-corrected chi connectivity index (χ2v) is 7.22. The molecule has 0 aliphatic carbocycles. The van der Waals surface area contributed by atoms with Crippen LogP contribution in [-0.4, -0.2) is 67.2 Å². The fraction of sp³-hybridized carbons (Fsp3) is 0.650. The van der Waals surface area contributed by atoms with E-state index in [9.17, 15) is 4.79 Å². The number of amides is 1. The third-order valence-corrected chi connectivity index (χ3v) is 5.37. The van der Waals surface area contributed by atoms with E-state index in [0.29, 0.717) is 6.04 Å². The Labute approximate surface area is 151 Å². The molecule has 1 atom stereocenters. The van der Waals surface area contributed by atoms with Crippen molar-refractivity contribution in [3.05, 3.63) is 35.9 Å². The van der Waals surface area contributed by atoms with Crippen LogP contribution in [-0.2, 0) is 16.1 Å². The summed E-state index contributed by atoms with van der Waals surface area (Å²) in [6, 6.07) is 10.9. The molecule has 2 heterocycles. The smallest absolute Gasteiger partial charge is 0.237 e. The zero-order valence-electron chi connectivity index (χ0n) is 15.3. The van der Waals surface area contributed by atoms with Gasteiger partial charge in [0, 0.05) is 45.4 Å². The Kier molecular flexibility index (Phi) is 6.84. The summed E-state index contributed by atoms with van der Waals surface area (Å²) in [5.41, 5.74) is 1.36. The summed E-state index contributed by atoms with van der Waals surface area (Å²) in [5, 5.41) is 3.27. The molecular formula is C20H31N3O2. The number of hydrogen-bond acceptors (Lipinski definition) is 4. The van der Waals surface area contributed by atoms with Crippen LogP contribution >= 0.6 is 0 Å². The minimum Gasteiger partial charge on any atom is -0.380 e. The van der Waals surface area contributed by atoms with E-state index in [2.05, 4.69) is 45.4 Å². The number of carbonyl (C=O) groups excluding carboxylic acids is 1. The minimum absolute atomic E-state index is 0.0657. The van der Waals surface area contributed by atoms with Gasteiger partial charge in [-0.3, -0.25) is 14.6 Å². The predicted octanol–water partition coefficient (Wildman–Crippen LogP) is 1.88. The van der Waals surface area contributed by atoms with Crippen molar-refractivity contribution in [2.45, 2.75) is 44.8 Å². The highest BCUT2D eigenvalue weighted by molar-refractivity contribution is 5.81. The normalized spacial score (nSPS) is 22.3. The standard InChI is InChI=1S/C20H31N3O2/c1-17(23-10-5-14-25-15-13-23)20(24)21-19-8-11-22(12-9-19)16-18-6-3-2-4-7-18/h2-4,6-7,17,19H,5,8-16H2,1H3,(H,21,24). The van der Waals surface area contributed by atoms with Crippen LogP contribution in [0.5, 0.6) is 0 Å². The maximum atomic E-state index is 12.6. The van der Waals surface area contributed by atoms with Crippen molar-refractivity contribution < 1.29 is 9.53 Å². The first-order valence-electron chi connectivity index (χ1n) is 9.61. The van der Waals surface area contributed by atoms with Gasteiger partial charge in [0.1, 0.15) is 0 Å². The summed E-state index contributed by atoms with van der Waals surface area (Å²) in [6.07, 6.45) is 3.08. The summed E-state index contributed by atoms with van der Waals surface area (Å²) in [6.45, 7) is 8.46. The first kappa shape index (κ1) is 18.4. The third kappa shape index (κ3) is 5.53. The molecule has 2 aliphatic rings. The molecule has 5 heteroatoms. The second kappa shape index (κ2) is 9.32. The Morgan fingerprint density at radius 3 is 2.68 bits per heavy atom. The largest absolute Gasteiger partial charge is 0.380 e. The lowest BCUT2D eigenvalue weighted by Gasteiger charge is -2.34. The molecule has 1 N–H and O–H groups in total. The lowest BCUT2D eigenvalue weighted by molar-refractivity contribution is -0.127. The maximum absolute atomic E-state index is 12.6. The Hall–Kier alpha value is -1.43. The van der Waals surface area contributed by atoms with Gasteiger partial charge in [-0.15, -0.1) is 0 Å². The molecule has 138 valence electrons. The highest BCUT2D eigenvalue weighted by atomic mass is 16.5. The van der Waals surface area contributed by atoms with Gasteiger partial charge in [0.05, 0.1) is 12.6 Å². The fourth-order valence-electron chi connectivity index (χ4n) is 3.72. The van der Waals surface area contributed by atoms with E-state index in [1.165, 1.54) is 5.56 Å². The van der Waals surface area contributed by atoms with Crippen molar-refractivity contribution in [1.82, 2.24) is 15.1 Å². The molecule has 0 bridgehead atoms. The number of nitrogens with zero attached hydrogens (tertiary/aromatic N) is 2. The quantitative estimate of drug-likeness (QED) is 0.885. The number of benzene rings is 1. The molecule has 25 heavy (non-hydrogen) atoms. The summed E-state index contributed by atoms with van der Waals surface area (Å²) < 4.78 is 5.49. The highest BCUT2D eigenvalue weighted by Crippen LogP contribution is 2.14. The molecule has 0 radical (unpaired) electrons. The van der Waals surface area contributed by atoms with Gasteiger partial charge in [0.2, 0.25) is 5.91 Å². The van der Waals surface area contributed by atoms with Crippen molar-refractivity contribution in [2.75, 3.05) is 39.4 Å². The molecule has 0 aromatic heterocycles. The number of hydrogen-bond donors (Lipinski definition) is 1. The van der Waals surface area contributed by atoms with Crippen molar-refractivity contribution in [3.63, 3.8) is 0 Å². The molecule has 2 fully saturated rings. The number of nitrogens with one attached hydrogen (secondary N) is 1. The third-order valence-electron chi connectivity index (χ3n) is 5.37. The van der Waals surface area contributed by atoms with Crippen molar-refractivity contribution >= 4 is 5.91 Å². The van der Waals surface area contributed by atoms with Crippen molar-refractivity contribution in [3.8, 4) is 0 Å². The Morgan fingerprint density at radius 2 is 1.92 bits per heavy atom. The molecule has 5 nitrogen and oxygen atoms in total. The number of ether oxygens (including phenoxy) is 1. The van der Waals surface area contributed by atoms with Crippen LogP contribution in [0.3, 0.4) is 0 Å². The van der Waals surface area contributed by atoms with E-state index in [4.69, 9.17) is 4.74 Å². The molecule has 3 rings (SSSR count). The summed E-state index contributed by atoms with van der Waals surface area (Å²) in [4.78, 5) is 17.3. The summed E-state index contributed by atoms with van der Waals surface area (Å²) in [7, 11) is 0. The Balaban J connectivity index is 1.41. The van der Waals surface area contributed by atoms with Crippen LogP contribution < -0.4 is 5.32 Å². The summed E-state index contributed by atoms with van der Waals surface area (Å²) in [5.74, 6) is 0.170. The molecule has 1 unspecified atom stereocenters. The van der Waals surface area contributed by atoms with Gasteiger partial charge in [-0.25, -0.2) is 0 Å². The van der Waals surface area contributed by atoms with Gasteiger partial charge in [-0.2, -0.15) is 0 Å². The highest BCUT2D eigenvalue weighted by Gasteiger charge is 2.26. The molecule has 2 aliphatic heterocycles. The maximum Gasteiger partial charge on any atom is 0.237 e. The minimum atomic E-state index is -0.0657. The second-order valence-electron chi connectivity index (χ2n) is 7.22. The van der Waals surface area contributed by atoms with Gasteiger partial charge < -0.3 is 10.1 Å². The average Bonchev–Trinajstić information content (AvgIpc) is 2.93. The van der Waals surface area contributed by atoms with E-state index in [-0.39, 0.29) is 11.9 Å². The van der Waals surface area contributed by atoms with Gasteiger partial charge >= 0.3 is 0 Å². The predicted molar refractivity (Wildman–Crippen MR) is 99.4 cm³/mol. The SMILES string of the molecule is CC(C(=O)NC1CCN(Cc2ccccc2)CC1)N1CCCOCC1. The molecule has 0 saturated carbocycles. The van der Waals surface area contributed by atoms with Crippen LogP contribution in [0.2, 0.25) is 0 Å². The molecule has 2 saturated heterocycles. The monoisotopic (exact) mass is 345 g/mol. The average molecular weight is 345 g/mol. The van der Waals surface area contributed by atoms with Crippen LogP contribution in [0.15, 0.2) is 30.3 Å².